The first-order valence-corrected chi connectivity index (χ1v) is 5.32. The summed E-state index contributed by atoms with van der Waals surface area (Å²) in [5.74, 6) is 1.62. The van der Waals surface area contributed by atoms with E-state index in [1.807, 2.05) is 31.2 Å². The minimum absolute atomic E-state index is 0.612. The second kappa shape index (κ2) is 4.44. The van der Waals surface area contributed by atoms with Crippen molar-refractivity contribution in [2.24, 2.45) is 0 Å². The van der Waals surface area contributed by atoms with Gasteiger partial charge in [0.2, 0.25) is 0 Å². The topological polar surface area (TPSA) is 51.0 Å². The SMILES string of the molecule is Cc1cc(CNc2cccc(Br)n2)no1. The van der Waals surface area contributed by atoms with E-state index in [9.17, 15) is 0 Å². The Morgan fingerprint density at radius 1 is 1.47 bits per heavy atom. The van der Waals surface area contributed by atoms with Crippen molar-refractivity contribution >= 4 is 21.7 Å². The average molecular weight is 268 g/mol. The van der Waals surface area contributed by atoms with Crippen LogP contribution in [-0.2, 0) is 6.54 Å². The molecule has 2 aromatic heterocycles. The van der Waals surface area contributed by atoms with Gasteiger partial charge in [0.05, 0.1) is 6.54 Å². The van der Waals surface area contributed by atoms with Crippen molar-refractivity contribution < 1.29 is 4.52 Å². The van der Waals surface area contributed by atoms with E-state index < -0.39 is 0 Å². The molecule has 0 spiro atoms. The largest absolute Gasteiger partial charge is 0.364 e. The van der Waals surface area contributed by atoms with Crippen molar-refractivity contribution in [1.82, 2.24) is 10.1 Å². The molecule has 0 saturated heterocycles. The number of aromatic nitrogens is 2. The molecule has 0 aliphatic carbocycles. The highest BCUT2D eigenvalue weighted by atomic mass is 79.9. The van der Waals surface area contributed by atoms with Crippen molar-refractivity contribution in [3.05, 3.63) is 40.3 Å². The lowest BCUT2D eigenvalue weighted by molar-refractivity contribution is 0.391. The van der Waals surface area contributed by atoms with Crippen molar-refractivity contribution in [2.45, 2.75) is 13.5 Å². The summed E-state index contributed by atoms with van der Waals surface area (Å²) in [5.41, 5.74) is 0.870. The van der Waals surface area contributed by atoms with Gasteiger partial charge in [-0.2, -0.15) is 0 Å². The molecule has 1 N–H and O–H groups in total. The van der Waals surface area contributed by atoms with Gasteiger partial charge in [0.1, 0.15) is 21.9 Å². The molecule has 0 atom stereocenters. The third kappa shape index (κ3) is 2.79. The van der Waals surface area contributed by atoms with Crippen molar-refractivity contribution in [2.75, 3.05) is 5.32 Å². The molecule has 0 saturated carbocycles. The molecule has 78 valence electrons. The van der Waals surface area contributed by atoms with Crippen LogP contribution in [0.25, 0.3) is 0 Å². The highest BCUT2D eigenvalue weighted by Gasteiger charge is 2.00. The fourth-order valence-electron chi connectivity index (χ4n) is 1.19. The standard InChI is InChI=1S/C10H10BrN3O/c1-7-5-8(14-15-7)6-12-10-4-2-3-9(11)13-10/h2-5H,6H2,1H3,(H,12,13). The van der Waals surface area contributed by atoms with E-state index >= 15 is 0 Å². The number of hydrogen-bond acceptors (Lipinski definition) is 4. The molecular weight excluding hydrogens is 258 g/mol. The van der Waals surface area contributed by atoms with Crippen molar-refractivity contribution in [1.29, 1.82) is 0 Å². The number of halogens is 1. The van der Waals surface area contributed by atoms with Crippen LogP contribution in [0.5, 0.6) is 0 Å². The molecule has 0 aromatic carbocycles. The molecule has 4 nitrogen and oxygen atoms in total. The Bertz CT molecular complexity index is 455. The molecule has 0 unspecified atom stereocenters. The molecule has 5 heteroatoms. The van der Waals surface area contributed by atoms with Gasteiger partial charge in [-0.05, 0) is 35.0 Å². The lowest BCUT2D eigenvalue weighted by Crippen LogP contribution is -2.01. The van der Waals surface area contributed by atoms with Crippen LogP contribution in [0.3, 0.4) is 0 Å². The molecule has 0 bridgehead atoms. The zero-order valence-electron chi connectivity index (χ0n) is 8.20. The Morgan fingerprint density at radius 3 is 3.00 bits per heavy atom. The summed E-state index contributed by atoms with van der Waals surface area (Å²) in [6.45, 7) is 2.48. The lowest BCUT2D eigenvalue weighted by Gasteiger charge is -2.02. The van der Waals surface area contributed by atoms with Crippen LogP contribution in [-0.4, -0.2) is 10.1 Å². The number of nitrogens with one attached hydrogen (secondary N) is 1. The smallest absolute Gasteiger partial charge is 0.133 e. The van der Waals surface area contributed by atoms with Crippen LogP contribution >= 0.6 is 15.9 Å². The number of anilines is 1. The molecule has 0 radical (unpaired) electrons. The molecule has 0 amide bonds. The number of rotatable bonds is 3. The normalized spacial score (nSPS) is 10.3. The predicted molar refractivity (Wildman–Crippen MR) is 60.5 cm³/mol. The first-order chi connectivity index (χ1) is 7.24. The summed E-state index contributed by atoms with van der Waals surface area (Å²) in [5, 5.41) is 7.03. The van der Waals surface area contributed by atoms with Gasteiger partial charge < -0.3 is 9.84 Å². The molecule has 0 aliphatic heterocycles. The quantitative estimate of drug-likeness (QED) is 0.869. The molecule has 15 heavy (non-hydrogen) atoms. The maximum absolute atomic E-state index is 4.96. The first kappa shape index (κ1) is 10.2. The summed E-state index contributed by atoms with van der Waals surface area (Å²) in [7, 11) is 0. The summed E-state index contributed by atoms with van der Waals surface area (Å²) < 4.78 is 5.77. The predicted octanol–water partition coefficient (Wildman–Crippen LogP) is 2.75. The van der Waals surface area contributed by atoms with Crippen LogP contribution in [0, 0.1) is 6.92 Å². The van der Waals surface area contributed by atoms with Crippen LogP contribution < -0.4 is 5.32 Å². The zero-order valence-corrected chi connectivity index (χ0v) is 9.78. The van der Waals surface area contributed by atoms with Crippen LogP contribution in [0.2, 0.25) is 0 Å². The van der Waals surface area contributed by atoms with Gasteiger partial charge in [-0.3, -0.25) is 0 Å². The van der Waals surface area contributed by atoms with E-state index in [1.165, 1.54) is 0 Å². The van der Waals surface area contributed by atoms with E-state index in [0.29, 0.717) is 6.54 Å². The minimum Gasteiger partial charge on any atom is -0.364 e. The molecule has 2 aromatic rings. The number of hydrogen-bond donors (Lipinski definition) is 1. The second-order valence-electron chi connectivity index (χ2n) is 3.13. The minimum atomic E-state index is 0.612. The van der Waals surface area contributed by atoms with Gasteiger partial charge in [0.15, 0.2) is 0 Å². The fraction of sp³-hybridized carbons (Fsp3) is 0.200. The van der Waals surface area contributed by atoms with Gasteiger partial charge in [-0.15, -0.1) is 0 Å². The highest BCUT2D eigenvalue weighted by Crippen LogP contribution is 2.11. The lowest BCUT2D eigenvalue weighted by atomic mass is 10.3. The molecule has 0 fully saturated rings. The van der Waals surface area contributed by atoms with E-state index in [1.54, 1.807) is 0 Å². The molecule has 2 rings (SSSR count). The summed E-state index contributed by atoms with van der Waals surface area (Å²) >= 11 is 3.31. The second-order valence-corrected chi connectivity index (χ2v) is 3.94. The molecular formula is C10H10BrN3O. The van der Waals surface area contributed by atoms with Gasteiger partial charge >= 0.3 is 0 Å². The number of pyridine rings is 1. The number of nitrogens with zero attached hydrogens (tertiary/aromatic N) is 2. The maximum atomic E-state index is 4.96. The first-order valence-electron chi connectivity index (χ1n) is 4.52. The third-order valence-corrected chi connectivity index (χ3v) is 2.28. The van der Waals surface area contributed by atoms with Gasteiger partial charge in [-0.25, -0.2) is 4.98 Å². The van der Waals surface area contributed by atoms with Crippen LogP contribution in [0.15, 0.2) is 33.4 Å². The Labute approximate surface area is 95.8 Å². The van der Waals surface area contributed by atoms with E-state index in [2.05, 4.69) is 31.4 Å². The fourth-order valence-corrected chi connectivity index (χ4v) is 1.53. The van der Waals surface area contributed by atoms with E-state index in [4.69, 9.17) is 4.52 Å². The van der Waals surface area contributed by atoms with Crippen LogP contribution in [0.1, 0.15) is 11.5 Å². The summed E-state index contributed by atoms with van der Waals surface area (Å²) in [6, 6.07) is 7.60. The third-order valence-electron chi connectivity index (χ3n) is 1.84. The van der Waals surface area contributed by atoms with Gasteiger partial charge in [0.25, 0.3) is 0 Å². The Balaban J connectivity index is 1.99. The summed E-state index contributed by atoms with van der Waals surface area (Å²) in [6.07, 6.45) is 0. The molecule has 0 aliphatic rings. The van der Waals surface area contributed by atoms with Gasteiger partial charge in [0, 0.05) is 6.07 Å². The number of aryl methyl sites for hydroxylation is 1. The maximum Gasteiger partial charge on any atom is 0.133 e. The van der Waals surface area contributed by atoms with Crippen molar-refractivity contribution in [3.8, 4) is 0 Å². The zero-order chi connectivity index (χ0) is 10.7. The Morgan fingerprint density at radius 2 is 2.33 bits per heavy atom. The highest BCUT2D eigenvalue weighted by molar-refractivity contribution is 9.10. The monoisotopic (exact) mass is 267 g/mol. The average Bonchev–Trinajstić information content (AvgIpc) is 2.62. The Hall–Kier alpha value is -1.36. The Kier molecular flexibility index (Phi) is 3.01. The van der Waals surface area contributed by atoms with E-state index in [-0.39, 0.29) is 0 Å². The van der Waals surface area contributed by atoms with Crippen LogP contribution in [0.4, 0.5) is 5.82 Å². The van der Waals surface area contributed by atoms with Crippen molar-refractivity contribution in [3.63, 3.8) is 0 Å². The van der Waals surface area contributed by atoms with Gasteiger partial charge in [-0.1, -0.05) is 11.2 Å². The van der Waals surface area contributed by atoms with E-state index in [0.717, 1.165) is 21.9 Å². The molecule has 2 heterocycles. The summed E-state index contributed by atoms with van der Waals surface area (Å²) in [4.78, 5) is 4.24.